The maximum absolute atomic E-state index is 14.0. The van der Waals surface area contributed by atoms with E-state index in [0.717, 1.165) is 0 Å². The van der Waals surface area contributed by atoms with Gasteiger partial charge in [0.05, 0.1) is 24.7 Å². The number of carbonyl (C=O) groups excluding carboxylic acids is 4. The van der Waals surface area contributed by atoms with Gasteiger partial charge in [0.15, 0.2) is 5.79 Å². The maximum Gasteiger partial charge on any atom is 0.324 e. The first kappa shape index (κ1) is 34.6. The van der Waals surface area contributed by atoms with Gasteiger partial charge in [0.2, 0.25) is 11.8 Å². The molecule has 3 fully saturated rings. The van der Waals surface area contributed by atoms with E-state index in [1.807, 2.05) is 52.0 Å². The fourth-order valence-corrected chi connectivity index (χ4v) is 6.80. The number of aromatic hydroxyl groups is 1. The molecule has 3 saturated heterocycles. The third kappa shape index (κ3) is 8.41. The van der Waals surface area contributed by atoms with Crippen LogP contribution in [0.5, 0.6) is 5.75 Å². The van der Waals surface area contributed by atoms with Crippen molar-refractivity contribution in [1.82, 2.24) is 21.1 Å². The molecule has 0 unspecified atom stereocenters. The smallest absolute Gasteiger partial charge is 0.324 e. The summed E-state index contributed by atoms with van der Waals surface area (Å²) in [6, 6.07) is 3.80. The van der Waals surface area contributed by atoms with Gasteiger partial charge in [-0.3, -0.25) is 24.2 Å². The summed E-state index contributed by atoms with van der Waals surface area (Å²) < 4.78 is 18.2. The second-order valence-electron chi connectivity index (χ2n) is 13.6. The Morgan fingerprint density at radius 1 is 1.06 bits per heavy atom. The number of hydrazine groups is 1. The Morgan fingerprint density at radius 3 is 2.64 bits per heavy atom. The van der Waals surface area contributed by atoms with Crippen LogP contribution in [0.15, 0.2) is 48.6 Å². The number of phenols is 1. The molecule has 4 aliphatic rings. The molecule has 8 atom stereocenters. The fourth-order valence-electron chi connectivity index (χ4n) is 6.80. The van der Waals surface area contributed by atoms with Crippen molar-refractivity contribution in [3.63, 3.8) is 0 Å². The molecule has 3 amide bonds. The van der Waals surface area contributed by atoms with E-state index >= 15 is 0 Å². The molecule has 1 aromatic carbocycles. The average molecular weight is 653 g/mol. The van der Waals surface area contributed by atoms with Crippen molar-refractivity contribution in [3.8, 4) is 5.75 Å². The number of rotatable bonds is 3. The van der Waals surface area contributed by atoms with Crippen molar-refractivity contribution in [2.24, 2.45) is 17.8 Å². The van der Waals surface area contributed by atoms with Crippen LogP contribution in [0.4, 0.5) is 0 Å². The van der Waals surface area contributed by atoms with E-state index in [1.54, 1.807) is 12.1 Å². The highest BCUT2D eigenvalue weighted by Gasteiger charge is 2.51. The zero-order valence-corrected chi connectivity index (χ0v) is 27.6. The number of allylic oxidation sites excluding steroid dienone is 2. The van der Waals surface area contributed by atoms with Crippen LogP contribution < -0.4 is 16.1 Å². The topological polar surface area (TPSA) is 156 Å². The lowest BCUT2D eigenvalue weighted by molar-refractivity contribution is -0.344. The van der Waals surface area contributed by atoms with Crippen molar-refractivity contribution in [1.29, 1.82) is 0 Å². The number of ether oxygens (including phenoxy) is 3. The van der Waals surface area contributed by atoms with Gasteiger partial charge in [-0.2, -0.15) is 0 Å². The molecule has 256 valence electrons. The minimum atomic E-state index is -1.05. The van der Waals surface area contributed by atoms with E-state index in [1.165, 1.54) is 17.1 Å². The number of carbonyl (C=O) groups is 4. The first-order valence-electron chi connectivity index (χ1n) is 16.8. The standard InChI is InChI=1S/C35H48N4O8/c1-21(2)29-32(42)36-27(20-23-11-9-12-24(40)19-23)33(43)39-17-10-13-26(38-39)34(44)45-18-8-6-5-7-14-28-22(3)30-25(31(41)37-29)15-16-35(4,46-28)47-30/h5-7,9,11-12,14,19,21-22,25-30,38,40H,8,10,13,15-18,20H2,1-4H3,(H,36,42)(H,37,41)/b6-5+,14-7+/t22-,25+,26-,27+,28-,29+,30-,35-/m0/s1. The lowest BCUT2D eigenvalue weighted by atomic mass is 9.79. The number of nitrogens with zero attached hydrogens (tertiary/aromatic N) is 1. The van der Waals surface area contributed by atoms with E-state index < -0.39 is 53.7 Å². The van der Waals surface area contributed by atoms with Crippen molar-refractivity contribution in [2.45, 2.75) is 102 Å². The van der Waals surface area contributed by atoms with Crippen molar-refractivity contribution in [3.05, 3.63) is 54.1 Å². The van der Waals surface area contributed by atoms with Crippen LogP contribution in [0.2, 0.25) is 0 Å². The molecular weight excluding hydrogens is 604 g/mol. The zero-order valence-electron chi connectivity index (χ0n) is 27.6. The molecule has 5 rings (SSSR count). The Balaban J connectivity index is 1.44. The predicted molar refractivity (Wildman–Crippen MR) is 172 cm³/mol. The molecule has 4 N–H and O–H groups in total. The van der Waals surface area contributed by atoms with Crippen molar-refractivity contribution >= 4 is 23.7 Å². The van der Waals surface area contributed by atoms with E-state index in [2.05, 4.69) is 16.1 Å². The van der Waals surface area contributed by atoms with Gasteiger partial charge in [-0.05, 0) is 56.2 Å². The number of hydrogen-bond acceptors (Lipinski definition) is 9. The summed E-state index contributed by atoms with van der Waals surface area (Å²) >= 11 is 0. The Hall–Kier alpha value is -3.74. The van der Waals surface area contributed by atoms with Gasteiger partial charge in [0.25, 0.3) is 5.91 Å². The van der Waals surface area contributed by atoms with Crippen molar-refractivity contribution < 1.29 is 38.5 Å². The summed E-state index contributed by atoms with van der Waals surface area (Å²) in [7, 11) is 0. The van der Waals surface area contributed by atoms with Gasteiger partial charge >= 0.3 is 5.97 Å². The van der Waals surface area contributed by atoms with Crippen LogP contribution in [0.1, 0.15) is 65.4 Å². The fraction of sp³-hybridized carbons (Fsp3) is 0.600. The highest BCUT2D eigenvalue weighted by Crippen LogP contribution is 2.44. The number of benzene rings is 1. The number of phenolic OH excluding ortho intramolecular Hbond substituents is 1. The maximum atomic E-state index is 14.0. The number of fused-ring (bicyclic) bond motifs is 4. The Labute approximate surface area is 276 Å². The third-order valence-electron chi connectivity index (χ3n) is 9.48. The predicted octanol–water partition coefficient (Wildman–Crippen LogP) is 2.66. The highest BCUT2D eigenvalue weighted by molar-refractivity contribution is 5.93. The van der Waals surface area contributed by atoms with Crippen LogP contribution in [-0.4, -0.2) is 83.1 Å². The molecule has 4 heterocycles. The molecule has 12 heteroatoms. The molecule has 12 nitrogen and oxygen atoms in total. The van der Waals surface area contributed by atoms with E-state index in [0.29, 0.717) is 44.2 Å². The molecule has 0 aromatic heterocycles. The van der Waals surface area contributed by atoms with Crippen LogP contribution in [-0.2, 0) is 39.8 Å². The van der Waals surface area contributed by atoms with Crippen LogP contribution >= 0.6 is 0 Å². The van der Waals surface area contributed by atoms with E-state index in [4.69, 9.17) is 14.2 Å². The summed E-state index contributed by atoms with van der Waals surface area (Å²) in [6.07, 6.45) is 9.64. The molecule has 0 spiro atoms. The number of cyclic esters (lactones) is 1. The highest BCUT2D eigenvalue weighted by atomic mass is 16.7. The molecule has 1 aromatic rings. The monoisotopic (exact) mass is 652 g/mol. The van der Waals surface area contributed by atoms with Crippen LogP contribution in [0.25, 0.3) is 0 Å². The largest absolute Gasteiger partial charge is 0.508 e. The van der Waals surface area contributed by atoms with Gasteiger partial charge in [-0.15, -0.1) is 0 Å². The van der Waals surface area contributed by atoms with Gasteiger partial charge in [-0.25, -0.2) is 5.43 Å². The van der Waals surface area contributed by atoms with E-state index in [9.17, 15) is 24.3 Å². The van der Waals surface area contributed by atoms with E-state index in [-0.39, 0.29) is 42.6 Å². The Bertz CT molecular complexity index is 1380. The van der Waals surface area contributed by atoms with Crippen LogP contribution in [0.3, 0.4) is 0 Å². The summed E-state index contributed by atoms with van der Waals surface area (Å²) in [5.74, 6) is -3.40. The van der Waals surface area contributed by atoms with Crippen molar-refractivity contribution in [2.75, 3.05) is 13.2 Å². The lowest BCUT2D eigenvalue weighted by Gasteiger charge is -2.51. The molecule has 5 bridgehead atoms. The summed E-state index contributed by atoms with van der Waals surface area (Å²) in [5, 5.41) is 17.3. The minimum Gasteiger partial charge on any atom is -0.508 e. The van der Waals surface area contributed by atoms with Crippen LogP contribution in [0, 0.1) is 17.8 Å². The van der Waals surface area contributed by atoms with Gasteiger partial charge < -0.3 is 30.0 Å². The third-order valence-corrected chi connectivity index (χ3v) is 9.48. The number of nitrogens with one attached hydrogen (secondary N) is 3. The minimum absolute atomic E-state index is 0.0339. The first-order valence-corrected chi connectivity index (χ1v) is 16.8. The number of hydrogen-bond donors (Lipinski definition) is 4. The normalized spacial score (nSPS) is 35.6. The molecule has 0 aliphatic carbocycles. The number of amides is 3. The molecule has 0 saturated carbocycles. The molecule has 47 heavy (non-hydrogen) atoms. The Morgan fingerprint density at radius 2 is 1.87 bits per heavy atom. The zero-order chi connectivity index (χ0) is 33.7. The summed E-state index contributed by atoms with van der Waals surface area (Å²) in [5.41, 5.74) is 3.64. The molecule has 4 aliphatic heterocycles. The second kappa shape index (κ2) is 15.0. The van der Waals surface area contributed by atoms with Gasteiger partial charge in [0.1, 0.15) is 23.9 Å². The number of esters is 1. The van der Waals surface area contributed by atoms with Gasteiger partial charge in [0, 0.05) is 25.3 Å². The molecular formula is C35H48N4O8. The summed E-state index contributed by atoms with van der Waals surface area (Å²) in [4.78, 5) is 54.7. The quantitative estimate of drug-likeness (QED) is 0.361. The Kier molecular flexibility index (Phi) is 11.0. The average Bonchev–Trinajstić information content (AvgIpc) is 3.04. The van der Waals surface area contributed by atoms with Gasteiger partial charge in [-0.1, -0.05) is 57.2 Å². The second-order valence-corrected chi connectivity index (χ2v) is 13.6. The lowest BCUT2D eigenvalue weighted by Crippen LogP contribution is -2.63. The SMILES string of the molecule is CC(C)[C@H]1NC(=O)[C@@H]2CC[C@]3(C)O[C@H]2[C@@H](C)[C@H](/C=C/C=C/CCOC(=O)[C@@H]2CCCN(N2)C(=O)[C@@H](Cc2cccc(O)c2)NC1=O)O3. The first-order chi connectivity index (χ1) is 22.4. The summed E-state index contributed by atoms with van der Waals surface area (Å²) in [6.45, 7) is 8.08. The molecule has 0 radical (unpaired) electrons.